The molecule has 4 nitrogen and oxygen atoms in total. The van der Waals surface area contributed by atoms with E-state index in [4.69, 9.17) is 0 Å². The van der Waals surface area contributed by atoms with Crippen LogP contribution in [-0.4, -0.2) is 33.6 Å². The van der Waals surface area contributed by atoms with E-state index in [0.29, 0.717) is 6.54 Å². The normalized spacial score (nSPS) is 17.5. The minimum atomic E-state index is -0.529. The van der Waals surface area contributed by atoms with Gasteiger partial charge in [-0.15, -0.1) is 0 Å². The SMILES string of the molecule is O=C(c1cc(F)ccc1O)N1CCCC[C@H]1CCc1ccc(O)cc1. The van der Waals surface area contributed by atoms with Gasteiger partial charge >= 0.3 is 0 Å². The number of piperidine rings is 1. The van der Waals surface area contributed by atoms with E-state index in [-0.39, 0.29) is 29.0 Å². The van der Waals surface area contributed by atoms with Crippen molar-refractivity contribution >= 4 is 5.91 Å². The molecule has 1 amide bonds. The lowest BCUT2D eigenvalue weighted by atomic mass is 9.95. The number of nitrogens with zero attached hydrogens (tertiary/aromatic N) is 1. The molecule has 1 aliphatic rings. The molecule has 1 aliphatic heterocycles. The molecule has 132 valence electrons. The van der Waals surface area contributed by atoms with Gasteiger partial charge in [-0.2, -0.15) is 0 Å². The minimum absolute atomic E-state index is 0.0246. The van der Waals surface area contributed by atoms with Crippen molar-refractivity contribution in [3.63, 3.8) is 0 Å². The molecule has 1 saturated heterocycles. The zero-order valence-electron chi connectivity index (χ0n) is 14.0. The second kappa shape index (κ2) is 7.55. The van der Waals surface area contributed by atoms with Gasteiger partial charge in [0, 0.05) is 12.6 Å². The van der Waals surface area contributed by atoms with E-state index in [2.05, 4.69) is 0 Å². The van der Waals surface area contributed by atoms with E-state index in [9.17, 15) is 19.4 Å². The fourth-order valence-electron chi connectivity index (χ4n) is 3.40. The number of aryl methyl sites for hydroxylation is 1. The summed E-state index contributed by atoms with van der Waals surface area (Å²) in [5.41, 5.74) is 1.13. The molecule has 0 radical (unpaired) electrons. The molecular weight excluding hydrogens is 321 g/mol. The molecule has 1 fully saturated rings. The summed E-state index contributed by atoms with van der Waals surface area (Å²) in [6.07, 6.45) is 4.47. The fraction of sp³-hybridized carbons (Fsp3) is 0.350. The highest BCUT2D eigenvalue weighted by molar-refractivity contribution is 5.97. The average Bonchev–Trinajstić information content (AvgIpc) is 2.63. The Morgan fingerprint density at radius 1 is 1.12 bits per heavy atom. The first-order chi connectivity index (χ1) is 12.0. The Balaban J connectivity index is 1.72. The Bertz CT molecular complexity index is 745. The van der Waals surface area contributed by atoms with Crippen LogP contribution in [-0.2, 0) is 6.42 Å². The summed E-state index contributed by atoms with van der Waals surface area (Å²) in [4.78, 5) is 14.6. The van der Waals surface area contributed by atoms with E-state index >= 15 is 0 Å². The molecular formula is C20H22FNO3. The van der Waals surface area contributed by atoms with Crippen molar-refractivity contribution in [3.8, 4) is 11.5 Å². The second-order valence-electron chi connectivity index (χ2n) is 6.51. The van der Waals surface area contributed by atoms with Gasteiger partial charge in [0.05, 0.1) is 5.56 Å². The summed E-state index contributed by atoms with van der Waals surface area (Å²) < 4.78 is 13.5. The largest absolute Gasteiger partial charge is 0.508 e. The molecule has 2 N–H and O–H groups in total. The molecule has 3 rings (SSSR count). The summed E-state index contributed by atoms with van der Waals surface area (Å²) in [7, 11) is 0. The minimum Gasteiger partial charge on any atom is -0.508 e. The van der Waals surface area contributed by atoms with Crippen LogP contribution in [0.5, 0.6) is 11.5 Å². The van der Waals surface area contributed by atoms with Gasteiger partial charge in [-0.3, -0.25) is 4.79 Å². The Morgan fingerprint density at radius 2 is 1.88 bits per heavy atom. The number of carbonyl (C=O) groups excluding carboxylic acids is 1. The number of rotatable bonds is 4. The topological polar surface area (TPSA) is 60.8 Å². The Kier molecular flexibility index (Phi) is 5.22. The number of likely N-dealkylation sites (tertiary alicyclic amines) is 1. The Hall–Kier alpha value is -2.56. The van der Waals surface area contributed by atoms with Gasteiger partial charge in [0.15, 0.2) is 0 Å². The van der Waals surface area contributed by atoms with Crippen LogP contribution in [0.15, 0.2) is 42.5 Å². The van der Waals surface area contributed by atoms with E-state index in [0.717, 1.165) is 49.8 Å². The number of phenols is 2. The zero-order chi connectivity index (χ0) is 17.8. The number of hydrogen-bond donors (Lipinski definition) is 2. The smallest absolute Gasteiger partial charge is 0.257 e. The molecule has 0 saturated carbocycles. The number of aromatic hydroxyl groups is 2. The van der Waals surface area contributed by atoms with Gasteiger partial charge < -0.3 is 15.1 Å². The van der Waals surface area contributed by atoms with Crippen LogP contribution in [0.3, 0.4) is 0 Å². The summed E-state index contributed by atoms with van der Waals surface area (Å²) >= 11 is 0. The lowest BCUT2D eigenvalue weighted by Crippen LogP contribution is -2.44. The molecule has 0 aromatic heterocycles. The maximum Gasteiger partial charge on any atom is 0.257 e. The molecule has 0 spiro atoms. The lowest BCUT2D eigenvalue weighted by molar-refractivity contribution is 0.0598. The van der Waals surface area contributed by atoms with Crippen LogP contribution in [0.25, 0.3) is 0 Å². The summed E-state index contributed by atoms with van der Waals surface area (Å²) in [6, 6.07) is 10.6. The van der Waals surface area contributed by atoms with Crippen LogP contribution in [0.2, 0.25) is 0 Å². The first kappa shape index (κ1) is 17.3. The molecule has 1 atom stereocenters. The molecule has 2 aromatic carbocycles. The monoisotopic (exact) mass is 343 g/mol. The molecule has 5 heteroatoms. The Morgan fingerprint density at radius 3 is 2.64 bits per heavy atom. The number of halogens is 1. The van der Waals surface area contributed by atoms with Crippen LogP contribution in [0, 0.1) is 5.82 Å². The number of hydrogen-bond acceptors (Lipinski definition) is 3. The van der Waals surface area contributed by atoms with Crippen LogP contribution in [0.4, 0.5) is 4.39 Å². The van der Waals surface area contributed by atoms with Gasteiger partial charge in [-0.25, -0.2) is 4.39 Å². The maximum absolute atomic E-state index is 13.5. The van der Waals surface area contributed by atoms with Crippen molar-refractivity contribution in [2.24, 2.45) is 0 Å². The first-order valence-corrected chi connectivity index (χ1v) is 8.62. The van der Waals surface area contributed by atoms with Gasteiger partial charge in [-0.1, -0.05) is 12.1 Å². The van der Waals surface area contributed by atoms with Crippen molar-refractivity contribution in [1.29, 1.82) is 0 Å². The van der Waals surface area contributed by atoms with E-state index in [1.165, 1.54) is 6.07 Å². The quantitative estimate of drug-likeness (QED) is 0.886. The van der Waals surface area contributed by atoms with Gasteiger partial charge in [0.2, 0.25) is 0 Å². The van der Waals surface area contributed by atoms with Crippen LogP contribution < -0.4 is 0 Å². The fourth-order valence-corrected chi connectivity index (χ4v) is 3.40. The van der Waals surface area contributed by atoms with E-state index in [1.54, 1.807) is 17.0 Å². The lowest BCUT2D eigenvalue weighted by Gasteiger charge is -2.36. The van der Waals surface area contributed by atoms with Crippen molar-refractivity contribution in [3.05, 3.63) is 59.4 Å². The molecule has 1 heterocycles. The van der Waals surface area contributed by atoms with E-state index < -0.39 is 5.82 Å². The van der Waals surface area contributed by atoms with Gasteiger partial charge in [-0.05, 0) is 68.0 Å². The third-order valence-electron chi connectivity index (χ3n) is 4.78. The maximum atomic E-state index is 13.5. The van der Waals surface area contributed by atoms with Gasteiger partial charge in [0.25, 0.3) is 5.91 Å². The third kappa shape index (κ3) is 4.10. The molecule has 0 aliphatic carbocycles. The number of carbonyl (C=O) groups is 1. The van der Waals surface area contributed by atoms with Crippen molar-refractivity contribution in [2.45, 2.75) is 38.1 Å². The third-order valence-corrected chi connectivity index (χ3v) is 4.78. The summed E-state index contributed by atoms with van der Waals surface area (Å²) in [5, 5.41) is 19.3. The first-order valence-electron chi connectivity index (χ1n) is 8.62. The number of amides is 1. The summed E-state index contributed by atoms with van der Waals surface area (Å²) in [6.45, 7) is 0.620. The van der Waals surface area contributed by atoms with Gasteiger partial charge in [0.1, 0.15) is 17.3 Å². The van der Waals surface area contributed by atoms with Crippen molar-refractivity contribution in [2.75, 3.05) is 6.54 Å². The zero-order valence-corrected chi connectivity index (χ0v) is 14.0. The highest BCUT2D eigenvalue weighted by Gasteiger charge is 2.28. The predicted octanol–water partition coefficient (Wildman–Crippen LogP) is 3.86. The highest BCUT2D eigenvalue weighted by atomic mass is 19.1. The van der Waals surface area contributed by atoms with Crippen LogP contribution >= 0.6 is 0 Å². The number of phenolic OH excluding ortho intramolecular Hbond substituents is 2. The Labute approximate surface area is 146 Å². The van der Waals surface area contributed by atoms with E-state index in [1.807, 2.05) is 12.1 Å². The number of benzene rings is 2. The second-order valence-corrected chi connectivity index (χ2v) is 6.51. The predicted molar refractivity (Wildman–Crippen MR) is 93.2 cm³/mol. The van der Waals surface area contributed by atoms with Crippen molar-refractivity contribution in [1.82, 2.24) is 4.90 Å². The molecule has 2 aromatic rings. The summed E-state index contributed by atoms with van der Waals surface area (Å²) in [5.74, 6) is -0.791. The van der Waals surface area contributed by atoms with Crippen LogP contribution in [0.1, 0.15) is 41.6 Å². The molecule has 0 unspecified atom stereocenters. The standard InChI is InChI=1S/C20H22FNO3/c21-15-7-11-19(24)18(13-15)20(25)22-12-2-1-3-16(22)8-4-14-5-9-17(23)10-6-14/h5-7,9-11,13,16,23-24H,1-4,8,12H2/t16-/m0/s1. The molecule has 25 heavy (non-hydrogen) atoms. The average molecular weight is 343 g/mol. The molecule has 0 bridgehead atoms. The highest BCUT2D eigenvalue weighted by Crippen LogP contribution is 2.27. The van der Waals surface area contributed by atoms with Crippen molar-refractivity contribution < 1.29 is 19.4 Å².